The Labute approximate surface area is 141 Å². The second-order valence-corrected chi connectivity index (χ2v) is 6.25. The summed E-state index contributed by atoms with van der Waals surface area (Å²) < 4.78 is 15.0. The highest BCUT2D eigenvalue weighted by Gasteiger charge is 2.60. The first-order valence-corrected chi connectivity index (χ1v) is 7.72. The lowest BCUT2D eigenvalue weighted by molar-refractivity contribution is -0.174. The third-order valence-electron chi connectivity index (χ3n) is 4.83. The Morgan fingerprint density at radius 2 is 2.04 bits per heavy atom. The van der Waals surface area contributed by atoms with Gasteiger partial charge in [0.15, 0.2) is 6.10 Å². The van der Waals surface area contributed by atoms with E-state index in [1.54, 1.807) is 17.9 Å². The Morgan fingerprint density at radius 1 is 1.38 bits per heavy atom. The van der Waals surface area contributed by atoms with Gasteiger partial charge in [0.2, 0.25) is 0 Å². The van der Waals surface area contributed by atoms with Crippen molar-refractivity contribution >= 4 is 17.8 Å². The molecular weight excluding hydrogens is 316 g/mol. The lowest BCUT2D eigenvalue weighted by Crippen LogP contribution is -2.73. The molecule has 8 nitrogen and oxygen atoms in total. The molecule has 0 aromatic carbocycles. The molecule has 134 valence electrons. The molecule has 0 radical (unpaired) electrons. The Balaban J connectivity index is 2.33. The van der Waals surface area contributed by atoms with Crippen molar-refractivity contribution < 1.29 is 28.6 Å². The lowest BCUT2D eigenvalue weighted by atomic mass is 9.83. The number of nitrogens with zero attached hydrogens (tertiary/aromatic N) is 1. The van der Waals surface area contributed by atoms with Crippen LogP contribution in [0, 0.1) is 5.92 Å². The van der Waals surface area contributed by atoms with Crippen LogP contribution in [0.4, 0.5) is 0 Å². The maximum absolute atomic E-state index is 12.2. The van der Waals surface area contributed by atoms with Crippen molar-refractivity contribution in [1.29, 1.82) is 0 Å². The van der Waals surface area contributed by atoms with Crippen LogP contribution in [0.2, 0.25) is 0 Å². The molecule has 2 saturated heterocycles. The van der Waals surface area contributed by atoms with Crippen molar-refractivity contribution in [2.75, 3.05) is 27.9 Å². The quantitative estimate of drug-likeness (QED) is 0.395. The minimum Gasteiger partial charge on any atom is -0.469 e. The fraction of sp³-hybridized carbons (Fsp3) is 0.688. The largest absolute Gasteiger partial charge is 0.469 e. The van der Waals surface area contributed by atoms with Crippen LogP contribution in [0.1, 0.15) is 13.3 Å². The Bertz CT molecular complexity index is 551. The second-order valence-electron chi connectivity index (χ2n) is 6.25. The van der Waals surface area contributed by atoms with Gasteiger partial charge in [0, 0.05) is 19.7 Å². The van der Waals surface area contributed by atoms with Crippen LogP contribution in [-0.2, 0) is 28.6 Å². The zero-order valence-electron chi connectivity index (χ0n) is 14.4. The van der Waals surface area contributed by atoms with E-state index in [2.05, 4.69) is 11.9 Å². The highest BCUT2D eigenvalue weighted by Crippen LogP contribution is 2.38. The van der Waals surface area contributed by atoms with Crippen LogP contribution < -0.4 is 5.32 Å². The highest BCUT2D eigenvalue weighted by atomic mass is 16.5. The summed E-state index contributed by atoms with van der Waals surface area (Å²) >= 11 is 0. The molecule has 1 N–H and O–H groups in total. The van der Waals surface area contributed by atoms with Crippen molar-refractivity contribution in [2.24, 2.45) is 5.92 Å². The van der Waals surface area contributed by atoms with E-state index in [1.807, 2.05) is 0 Å². The predicted octanol–water partition coefficient (Wildman–Crippen LogP) is -0.519. The SMILES string of the molecule is C=CCN1C(=O)[C@H](OC)[C@@H]1[C@H]1N[C@@](C)(C(=O)OC)C[C@H]1C(=O)OC. The van der Waals surface area contributed by atoms with Gasteiger partial charge >= 0.3 is 11.9 Å². The maximum Gasteiger partial charge on any atom is 0.325 e. The summed E-state index contributed by atoms with van der Waals surface area (Å²) in [6, 6.07) is -0.875. The molecule has 0 bridgehead atoms. The van der Waals surface area contributed by atoms with Gasteiger partial charge in [-0.05, 0) is 13.3 Å². The van der Waals surface area contributed by atoms with Gasteiger partial charge in [0.05, 0.1) is 26.2 Å². The van der Waals surface area contributed by atoms with Crippen LogP contribution in [-0.4, -0.2) is 74.3 Å². The second kappa shape index (κ2) is 6.90. The monoisotopic (exact) mass is 340 g/mol. The van der Waals surface area contributed by atoms with Gasteiger partial charge in [-0.3, -0.25) is 19.7 Å². The molecule has 2 aliphatic heterocycles. The third-order valence-corrected chi connectivity index (χ3v) is 4.83. The number of esters is 2. The third kappa shape index (κ3) is 2.80. The van der Waals surface area contributed by atoms with Crippen molar-refractivity contribution in [1.82, 2.24) is 10.2 Å². The van der Waals surface area contributed by atoms with E-state index < -0.39 is 41.6 Å². The van der Waals surface area contributed by atoms with Crippen LogP contribution in [0.3, 0.4) is 0 Å². The summed E-state index contributed by atoms with van der Waals surface area (Å²) in [5.41, 5.74) is -1.03. The van der Waals surface area contributed by atoms with E-state index in [4.69, 9.17) is 14.2 Å². The normalized spacial score (nSPS) is 35.3. The molecule has 2 rings (SSSR count). The summed E-state index contributed by atoms with van der Waals surface area (Å²) in [6.07, 6.45) is 1.16. The minimum absolute atomic E-state index is 0.167. The molecule has 24 heavy (non-hydrogen) atoms. The smallest absolute Gasteiger partial charge is 0.325 e. The fourth-order valence-electron chi connectivity index (χ4n) is 3.68. The highest BCUT2D eigenvalue weighted by molar-refractivity contribution is 5.90. The molecular formula is C16H24N2O6. The number of ether oxygens (including phenoxy) is 3. The van der Waals surface area contributed by atoms with Gasteiger partial charge in [0.1, 0.15) is 5.54 Å². The van der Waals surface area contributed by atoms with Gasteiger partial charge in [-0.15, -0.1) is 6.58 Å². The summed E-state index contributed by atoms with van der Waals surface area (Å²) in [5.74, 6) is -1.66. The number of likely N-dealkylation sites (tertiary alicyclic amines) is 1. The number of hydrogen-bond donors (Lipinski definition) is 1. The molecule has 0 saturated carbocycles. The molecule has 2 fully saturated rings. The van der Waals surface area contributed by atoms with Gasteiger partial charge in [-0.2, -0.15) is 0 Å². The number of hydrogen-bond acceptors (Lipinski definition) is 7. The number of β-lactam (4-membered cyclic amide) rings is 1. The summed E-state index contributed by atoms with van der Waals surface area (Å²) in [4.78, 5) is 38.1. The Hall–Kier alpha value is -1.93. The molecule has 2 heterocycles. The first kappa shape index (κ1) is 18.4. The van der Waals surface area contributed by atoms with Gasteiger partial charge in [-0.1, -0.05) is 6.08 Å². The van der Waals surface area contributed by atoms with Crippen molar-refractivity contribution in [3.63, 3.8) is 0 Å². The van der Waals surface area contributed by atoms with Gasteiger partial charge in [0.25, 0.3) is 5.91 Å². The molecule has 1 amide bonds. The summed E-state index contributed by atoms with van der Waals surface area (Å²) in [7, 11) is 4.04. The van der Waals surface area contributed by atoms with Gasteiger partial charge < -0.3 is 19.1 Å². The van der Waals surface area contributed by atoms with E-state index in [0.29, 0.717) is 6.54 Å². The van der Waals surface area contributed by atoms with Crippen molar-refractivity contribution in [3.8, 4) is 0 Å². The number of methoxy groups -OCH3 is 3. The molecule has 0 aliphatic carbocycles. The van der Waals surface area contributed by atoms with Crippen LogP contribution in [0.5, 0.6) is 0 Å². The minimum atomic E-state index is -1.03. The van der Waals surface area contributed by atoms with Crippen LogP contribution in [0.15, 0.2) is 12.7 Å². The number of carbonyl (C=O) groups is 3. The average molecular weight is 340 g/mol. The maximum atomic E-state index is 12.2. The fourth-order valence-corrected chi connectivity index (χ4v) is 3.68. The molecule has 5 atom stereocenters. The van der Waals surface area contributed by atoms with E-state index in [1.165, 1.54) is 21.3 Å². The predicted molar refractivity (Wildman–Crippen MR) is 84.0 cm³/mol. The molecule has 0 unspecified atom stereocenters. The molecule has 8 heteroatoms. The van der Waals surface area contributed by atoms with E-state index in [9.17, 15) is 14.4 Å². The number of amides is 1. The van der Waals surface area contributed by atoms with E-state index in [-0.39, 0.29) is 12.3 Å². The molecule has 0 spiro atoms. The zero-order chi connectivity index (χ0) is 18.1. The molecule has 0 aromatic heterocycles. The molecule has 0 aromatic rings. The Morgan fingerprint density at radius 3 is 2.54 bits per heavy atom. The summed E-state index contributed by atoms with van der Waals surface area (Å²) in [5, 5.41) is 3.17. The average Bonchev–Trinajstić information content (AvgIpc) is 2.93. The van der Waals surface area contributed by atoms with E-state index in [0.717, 1.165) is 0 Å². The first-order chi connectivity index (χ1) is 11.3. The zero-order valence-corrected chi connectivity index (χ0v) is 14.4. The number of carbonyl (C=O) groups excluding carboxylic acids is 3. The number of rotatable bonds is 6. The van der Waals surface area contributed by atoms with Crippen molar-refractivity contribution in [2.45, 2.75) is 37.1 Å². The van der Waals surface area contributed by atoms with Gasteiger partial charge in [-0.25, -0.2) is 0 Å². The standard InChI is InChI=1S/C16H24N2O6/c1-6-7-18-11(12(22-3)13(18)19)10-9(14(20)23-4)8-16(2,17-10)15(21)24-5/h6,9-12,17H,1,7-8H2,2-5H3/t9-,10+,11+,12-,16-/m1/s1. The number of nitrogens with one attached hydrogen (secondary N) is 1. The molecule has 2 aliphatic rings. The summed E-state index contributed by atoms with van der Waals surface area (Å²) in [6.45, 7) is 5.66. The topological polar surface area (TPSA) is 94.2 Å². The first-order valence-electron chi connectivity index (χ1n) is 7.72. The van der Waals surface area contributed by atoms with Crippen LogP contribution in [0.25, 0.3) is 0 Å². The van der Waals surface area contributed by atoms with Crippen molar-refractivity contribution in [3.05, 3.63) is 12.7 Å². The lowest BCUT2D eigenvalue weighted by Gasteiger charge is -2.49. The Kier molecular flexibility index (Phi) is 5.29. The van der Waals surface area contributed by atoms with Crippen LogP contribution >= 0.6 is 0 Å². The van der Waals surface area contributed by atoms with E-state index >= 15 is 0 Å².